The molecule has 22 heavy (non-hydrogen) atoms. The molecule has 0 amide bonds. The van der Waals surface area contributed by atoms with E-state index in [1.807, 2.05) is 7.05 Å². The minimum atomic E-state index is -3.60. The number of hydrogen-bond donors (Lipinski definition) is 0. The second-order valence-electron chi connectivity index (χ2n) is 5.30. The summed E-state index contributed by atoms with van der Waals surface area (Å²) in [7, 11) is -0.199. The van der Waals surface area contributed by atoms with Gasteiger partial charge in [-0.3, -0.25) is 0 Å². The fourth-order valence-corrected chi connectivity index (χ4v) is 4.41. The van der Waals surface area contributed by atoms with Crippen LogP contribution in [-0.2, 0) is 21.8 Å². The van der Waals surface area contributed by atoms with Gasteiger partial charge in [0.05, 0.1) is 17.0 Å². The number of nitrogens with zero attached hydrogens (tertiary/aromatic N) is 4. The van der Waals surface area contributed by atoms with Crippen LogP contribution >= 0.6 is 0 Å². The molecule has 0 bridgehead atoms. The Bertz CT molecular complexity index is 744. The van der Waals surface area contributed by atoms with Gasteiger partial charge < -0.3 is 9.30 Å². The molecular weight excluding hydrogens is 304 g/mol. The van der Waals surface area contributed by atoms with Gasteiger partial charge in [0.15, 0.2) is 5.82 Å². The largest absolute Gasteiger partial charge is 0.380 e. The average Bonchev–Trinajstić information content (AvgIpc) is 3.14. The smallest absolute Gasteiger partial charge is 0.243 e. The first-order chi connectivity index (χ1) is 10.5. The summed E-state index contributed by atoms with van der Waals surface area (Å²) in [4.78, 5) is 0.277. The van der Waals surface area contributed by atoms with E-state index in [-0.39, 0.29) is 17.0 Å². The van der Waals surface area contributed by atoms with Gasteiger partial charge in [0, 0.05) is 20.7 Å². The normalized spacial score (nSPS) is 23.0. The number of hydrogen-bond acceptors (Lipinski definition) is 5. The molecular formula is C14H18N4O3S. The molecule has 118 valence electrons. The van der Waals surface area contributed by atoms with Gasteiger partial charge in [0.2, 0.25) is 10.0 Å². The lowest BCUT2D eigenvalue weighted by molar-refractivity contribution is 0.114. The Morgan fingerprint density at radius 1 is 1.27 bits per heavy atom. The molecule has 1 aliphatic heterocycles. The van der Waals surface area contributed by atoms with Gasteiger partial charge in [0.1, 0.15) is 6.33 Å². The first kappa shape index (κ1) is 15.1. The van der Waals surface area contributed by atoms with E-state index >= 15 is 0 Å². The molecule has 1 fully saturated rings. The Hall–Kier alpha value is -1.77. The zero-order chi connectivity index (χ0) is 15.7. The minimum absolute atomic E-state index is 0.153. The molecule has 1 aromatic carbocycles. The molecule has 0 aliphatic carbocycles. The molecule has 0 unspecified atom stereocenters. The van der Waals surface area contributed by atoms with Crippen molar-refractivity contribution in [2.75, 3.05) is 13.7 Å². The van der Waals surface area contributed by atoms with Gasteiger partial charge in [0.25, 0.3) is 0 Å². The van der Waals surface area contributed by atoms with Crippen molar-refractivity contribution in [3.8, 4) is 0 Å². The van der Waals surface area contributed by atoms with Crippen LogP contribution < -0.4 is 0 Å². The van der Waals surface area contributed by atoms with Gasteiger partial charge in [-0.25, -0.2) is 8.42 Å². The van der Waals surface area contributed by atoms with Gasteiger partial charge in [-0.2, -0.15) is 4.31 Å². The third-order valence-corrected chi connectivity index (χ3v) is 5.83. The van der Waals surface area contributed by atoms with Crippen molar-refractivity contribution in [2.24, 2.45) is 7.05 Å². The minimum Gasteiger partial charge on any atom is -0.380 e. The summed E-state index contributed by atoms with van der Waals surface area (Å²) in [5.74, 6) is 0.624. The molecule has 8 heteroatoms. The second kappa shape index (κ2) is 5.79. The number of benzene rings is 1. The van der Waals surface area contributed by atoms with Crippen LogP contribution in [0.2, 0.25) is 0 Å². The summed E-state index contributed by atoms with van der Waals surface area (Å²) in [5, 5.41) is 7.93. The summed E-state index contributed by atoms with van der Waals surface area (Å²) >= 11 is 0. The summed E-state index contributed by atoms with van der Waals surface area (Å²) < 4.78 is 34.4. The quantitative estimate of drug-likeness (QED) is 0.838. The number of sulfonamides is 1. The van der Waals surface area contributed by atoms with E-state index in [1.165, 1.54) is 4.31 Å². The van der Waals surface area contributed by atoms with Gasteiger partial charge in [-0.15, -0.1) is 10.2 Å². The Morgan fingerprint density at radius 3 is 2.59 bits per heavy atom. The van der Waals surface area contributed by atoms with E-state index in [2.05, 4.69) is 10.2 Å². The van der Waals surface area contributed by atoms with Crippen molar-refractivity contribution < 1.29 is 13.2 Å². The van der Waals surface area contributed by atoms with E-state index in [4.69, 9.17) is 4.74 Å². The summed E-state index contributed by atoms with van der Waals surface area (Å²) in [6.45, 7) is 0.311. The first-order valence-corrected chi connectivity index (χ1v) is 8.41. The highest BCUT2D eigenvalue weighted by Gasteiger charge is 2.43. The van der Waals surface area contributed by atoms with Gasteiger partial charge in [-0.05, 0) is 18.6 Å². The van der Waals surface area contributed by atoms with Crippen LogP contribution in [0.1, 0.15) is 18.3 Å². The van der Waals surface area contributed by atoms with Crippen LogP contribution in [0.5, 0.6) is 0 Å². The molecule has 2 aromatic rings. The standard InChI is InChI=1S/C14H18N4O3S/c1-17-10-15-16-14(17)13-8-11(21-2)9-18(13)22(19,20)12-6-4-3-5-7-12/h3-7,10-11,13H,8-9H2,1-2H3/t11-,13+/m1/s1. The fraction of sp³-hybridized carbons (Fsp3) is 0.429. The van der Waals surface area contributed by atoms with Crippen LogP contribution in [0.4, 0.5) is 0 Å². The van der Waals surface area contributed by atoms with E-state index in [0.29, 0.717) is 18.8 Å². The average molecular weight is 322 g/mol. The monoisotopic (exact) mass is 322 g/mol. The van der Waals surface area contributed by atoms with Crippen molar-refractivity contribution in [2.45, 2.75) is 23.5 Å². The Kier molecular flexibility index (Phi) is 3.98. The summed E-state index contributed by atoms with van der Waals surface area (Å²) in [6, 6.07) is 8.05. The molecule has 0 radical (unpaired) electrons. The zero-order valence-electron chi connectivity index (χ0n) is 12.5. The Labute approximate surface area is 129 Å². The molecule has 1 saturated heterocycles. The van der Waals surface area contributed by atoms with Gasteiger partial charge >= 0.3 is 0 Å². The van der Waals surface area contributed by atoms with E-state index in [0.717, 1.165) is 0 Å². The predicted octanol–water partition coefficient (Wildman–Crippen LogP) is 0.966. The molecule has 1 aromatic heterocycles. The number of aryl methyl sites for hydroxylation is 1. The van der Waals surface area contributed by atoms with Crippen LogP contribution in [0.15, 0.2) is 41.6 Å². The number of aromatic nitrogens is 3. The van der Waals surface area contributed by atoms with Crippen LogP contribution in [0.25, 0.3) is 0 Å². The Balaban J connectivity index is 2.01. The highest BCUT2D eigenvalue weighted by Crippen LogP contribution is 2.36. The van der Waals surface area contributed by atoms with Crippen molar-refractivity contribution in [1.82, 2.24) is 19.1 Å². The molecule has 3 rings (SSSR count). The third kappa shape index (κ3) is 2.53. The lowest BCUT2D eigenvalue weighted by Gasteiger charge is -2.22. The molecule has 1 aliphatic rings. The number of methoxy groups -OCH3 is 1. The highest BCUT2D eigenvalue weighted by molar-refractivity contribution is 7.89. The number of ether oxygens (including phenoxy) is 1. The molecule has 0 saturated carbocycles. The highest BCUT2D eigenvalue weighted by atomic mass is 32.2. The zero-order valence-corrected chi connectivity index (χ0v) is 13.3. The SMILES string of the molecule is CO[C@@H]1C[C@@H](c2nncn2C)N(S(=O)(=O)c2ccccc2)C1. The third-order valence-electron chi connectivity index (χ3n) is 3.94. The summed E-state index contributed by atoms with van der Waals surface area (Å²) in [5.41, 5.74) is 0. The first-order valence-electron chi connectivity index (χ1n) is 6.97. The molecule has 7 nitrogen and oxygen atoms in total. The second-order valence-corrected chi connectivity index (χ2v) is 7.19. The lowest BCUT2D eigenvalue weighted by Crippen LogP contribution is -2.33. The molecule has 2 heterocycles. The van der Waals surface area contributed by atoms with Crippen molar-refractivity contribution in [1.29, 1.82) is 0 Å². The maximum absolute atomic E-state index is 12.9. The van der Waals surface area contributed by atoms with Crippen LogP contribution in [-0.4, -0.2) is 47.2 Å². The summed E-state index contributed by atoms with van der Waals surface area (Å²) in [6.07, 6.45) is 1.98. The maximum Gasteiger partial charge on any atom is 0.243 e. The molecule has 0 N–H and O–H groups in total. The fourth-order valence-electron chi connectivity index (χ4n) is 2.76. The molecule has 0 spiro atoms. The van der Waals surface area contributed by atoms with Crippen molar-refractivity contribution in [3.63, 3.8) is 0 Å². The van der Waals surface area contributed by atoms with E-state index < -0.39 is 10.0 Å². The van der Waals surface area contributed by atoms with Gasteiger partial charge in [-0.1, -0.05) is 18.2 Å². The van der Waals surface area contributed by atoms with Crippen LogP contribution in [0, 0.1) is 0 Å². The topological polar surface area (TPSA) is 77.3 Å². The Morgan fingerprint density at radius 2 is 2.00 bits per heavy atom. The van der Waals surface area contributed by atoms with E-state index in [9.17, 15) is 8.42 Å². The molecule has 2 atom stereocenters. The number of rotatable bonds is 4. The van der Waals surface area contributed by atoms with Crippen molar-refractivity contribution >= 4 is 10.0 Å². The predicted molar refractivity (Wildman–Crippen MR) is 79.5 cm³/mol. The van der Waals surface area contributed by atoms with Crippen LogP contribution in [0.3, 0.4) is 0 Å². The van der Waals surface area contributed by atoms with E-state index in [1.54, 1.807) is 48.3 Å². The van der Waals surface area contributed by atoms with Crippen molar-refractivity contribution in [3.05, 3.63) is 42.5 Å². The lowest BCUT2D eigenvalue weighted by atomic mass is 10.2. The maximum atomic E-state index is 12.9.